The molecule has 0 radical (unpaired) electrons. The minimum absolute atomic E-state index is 0.0827. The Labute approximate surface area is 171 Å². The highest BCUT2D eigenvalue weighted by Crippen LogP contribution is 2.67. The average molecular weight is 405 g/mol. The first-order chi connectivity index (χ1) is 13.6. The second-order valence-electron chi connectivity index (χ2n) is 10.1. The number of aldehydes is 1. The molecule has 160 valence electrons. The fraction of sp³-hybridized carbons (Fsp3) is 0.783. The number of rotatable bonds is 3. The van der Waals surface area contributed by atoms with Gasteiger partial charge < -0.3 is 19.7 Å². The standard InChI is InChI=1S/C23H32O6/c1-4-29-20(27)23(28)8-7-16-15-6-5-14-9-17(25)13(12-24)10-21(14,2)19(15)18(26)11-22(16,23)3/h9,12-13,15-16,18-19,26,28H,4-8,10-11H2,1-3H3/t13?,15-,16-,18-,19+,21-,22-,23-/m0/s1. The molecule has 8 atom stereocenters. The topological polar surface area (TPSA) is 101 Å². The number of hydrogen-bond donors (Lipinski definition) is 2. The third kappa shape index (κ3) is 2.64. The molecule has 3 fully saturated rings. The zero-order valence-electron chi connectivity index (χ0n) is 17.5. The van der Waals surface area contributed by atoms with Crippen molar-refractivity contribution >= 4 is 18.0 Å². The molecule has 6 heteroatoms. The van der Waals surface area contributed by atoms with Crippen LogP contribution >= 0.6 is 0 Å². The lowest BCUT2D eigenvalue weighted by Gasteiger charge is -2.60. The van der Waals surface area contributed by atoms with Gasteiger partial charge in [-0.05, 0) is 74.7 Å². The monoisotopic (exact) mass is 404 g/mol. The van der Waals surface area contributed by atoms with Crippen LogP contribution < -0.4 is 0 Å². The van der Waals surface area contributed by atoms with Crippen LogP contribution in [-0.2, 0) is 19.1 Å². The van der Waals surface area contributed by atoms with Crippen molar-refractivity contribution in [1.29, 1.82) is 0 Å². The predicted octanol–water partition coefficient (Wildman–Crippen LogP) is 2.21. The number of aliphatic hydroxyl groups excluding tert-OH is 1. The molecule has 0 spiro atoms. The SMILES string of the molecule is CCOC(=O)[C@@]1(O)CC[C@H]2[C@@H]3CCC4=CC(=O)C(C=O)C[C@]4(C)[C@H]3[C@@H](O)C[C@@]21C. The number of ketones is 1. The lowest BCUT2D eigenvalue weighted by Crippen LogP contribution is -2.62. The molecule has 6 nitrogen and oxygen atoms in total. The summed E-state index contributed by atoms with van der Waals surface area (Å²) in [4.78, 5) is 36.4. The fourth-order valence-electron chi connectivity index (χ4n) is 7.52. The molecule has 4 aliphatic carbocycles. The van der Waals surface area contributed by atoms with Gasteiger partial charge in [-0.3, -0.25) is 4.79 Å². The number of carbonyl (C=O) groups is 3. The molecular formula is C23H32O6. The van der Waals surface area contributed by atoms with Crippen LogP contribution in [0, 0.1) is 34.5 Å². The number of fused-ring (bicyclic) bond motifs is 5. The highest BCUT2D eigenvalue weighted by Gasteiger charge is 2.69. The summed E-state index contributed by atoms with van der Waals surface area (Å²) in [7, 11) is 0. The maximum atomic E-state index is 12.7. The Morgan fingerprint density at radius 3 is 2.69 bits per heavy atom. The minimum atomic E-state index is -1.58. The summed E-state index contributed by atoms with van der Waals surface area (Å²) in [5, 5.41) is 22.7. The fourth-order valence-corrected chi connectivity index (χ4v) is 7.52. The van der Waals surface area contributed by atoms with E-state index in [0.29, 0.717) is 25.7 Å². The van der Waals surface area contributed by atoms with E-state index in [1.165, 1.54) is 0 Å². The Bertz CT molecular complexity index is 773. The van der Waals surface area contributed by atoms with E-state index in [0.717, 1.165) is 24.7 Å². The summed E-state index contributed by atoms with van der Waals surface area (Å²) in [6, 6.07) is 0. The van der Waals surface area contributed by atoms with Gasteiger partial charge in [0.2, 0.25) is 0 Å². The number of ether oxygens (including phenoxy) is 1. The first kappa shape index (κ1) is 20.7. The molecule has 2 N–H and O–H groups in total. The average Bonchev–Trinajstić information content (AvgIpc) is 2.93. The molecule has 0 bridgehead atoms. The van der Waals surface area contributed by atoms with E-state index in [1.54, 1.807) is 13.0 Å². The van der Waals surface area contributed by atoms with E-state index < -0.39 is 34.4 Å². The second-order valence-corrected chi connectivity index (χ2v) is 10.1. The van der Waals surface area contributed by atoms with Gasteiger partial charge in [-0.15, -0.1) is 0 Å². The molecule has 0 aliphatic heterocycles. The molecule has 0 aromatic carbocycles. The Morgan fingerprint density at radius 1 is 1.31 bits per heavy atom. The number of hydrogen-bond acceptors (Lipinski definition) is 6. The molecule has 0 saturated heterocycles. The molecular weight excluding hydrogens is 372 g/mol. The van der Waals surface area contributed by atoms with Crippen molar-refractivity contribution in [3.05, 3.63) is 11.6 Å². The van der Waals surface area contributed by atoms with Crippen LogP contribution in [0.2, 0.25) is 0 Å². The van der Waals surface area contributed by atoms with Gasteiger partial charge >= 0.3 is 5.97 Å². The maximum absolute atomic E-state index is 12.7. The number of aliphatic hydroxyl groups is 2. The van der Waals surface area contributed by atoms with E-state index in [4.69, 9.17) is 4.74 Å². The highest BCUT2D eigenvalue weighted by atomic mass is 16.5. The summed E-state index contributed by atoms with van der Waals surface area (Å²) in [5.41, 5.74) is -1.69. The Balaban J connectivity index is 1.72. The van der Waals surface area contributed by atoms with Gasteiger partial charge in [0, 0.05) is 5.41 Å². The van der Waals surface area contributed by atoms with Crippen LogP contribution in [0.3, 0.4) is 0 Å². The van der Waals surface area contributed by atoms with E-state index in [-0.39, 0.29) is 30.1 Å². The third-order valence-corrected chi connectivity index (χ3v) is 8.93. The lowest BCUT2D eigenvalue weighted by molar-refractivity contribution is -0.199. The zero-order chi connectivity index (χ0) is 21.2. The number of esters is 1. The first-order valence-electron chi connectivity index (χ1n) is 10.9. The van der Waals surface area contributed by atoms with Crippen LogP contribution in [0.5, 0.6) is 0 Å². The molecule has 0 aromatic heterocycles. The lowest BCUT2D eigenvalue weighted by atomic mass is 9.45. The molecule has 0 aromatic rings. The van der Waals surface area contributed by atoms with Crippen molar-refractivity contribution in [3.63, 3.8) is 0 Å². The Hall–Kier alpha value is -1.53. The van der Waals surface area contributed by atoms with Gasteiger partial charge in [-0.2, -0.15) is 0 Å². The molecule has 1 unspecified atom stereocenters. The van der Waals surface area contributed by atoms with Crippen LogP contribution in [0.4, 0.5) is 0 Å². The Kier molecular flexibility index (Phi) is 4.82. The second kappa shape index (κ2) is 6.74. The third-order valence-electron chi connectivity index (χ3n) is 8.93. The van der Waals surface area contributed by atoms with Gasteiger partial charge in [0.1, 0.15) is 6.29 Å². The summed E-state index contributed by atoms with van der Waals surface area (Å²) < 4.78 is 5.20. The number of allylic oxidation sites excluding steroid dienone is 1. The van der Waals surface area contributed by atoms with Gasteiger partial charge in [0.05, 0.1) is 18.6 Å². The van der Waals surface area contributed by atoms with Gasteiger partial charge in [-0.1, -0.05) is 19.4 Å². The van der Waals surface area contributed by atoms with Gasteiger partial charge in [0.25, 0.3) is 0 Å². The maximum Gasteiger partial charge on any atom is 0.338 e. The smallest absolute Gasteiger partial charge is 0.338 e. The highest BCUT2D eigenvalue weighted by molar-refractivity contribution is 6.02. The van der Waals surface area contributed by atoms with Crippen molar-refractivity contribution in [2.75, 3.05) is 6.61 Å². The first-order valence-corrected chi connectivity index (χ1v) is 10.9. The van der Waals surface area contributed by atoms with Crippen molar-refractivity contribution in [3.8, 4) is 0 Å². The predicted molar refractivity (Wildman–Crippen MR) is 105 cm³/mol. The van der Waals surface area contributed by atoms with Crippen LogP contribution in [0.15, 0.2) is 11.6 Å². The zero-order valence-corrected chi connectivity index (χ0v) is 17.5. The molecule has 3 saturated carbocycles. The van der Waals surface area contributed by atoms with Crippen LogP contribution in [0.1, 0.15) is 59.3 Å². The largest absolute Gasteiger partial charge is 0.464 e. The molecule has 4 rings (SSSR count). The normalized spacial score (nSPS) is 48.8. The quantitative estimate of drug-likeness (QED) is 0.425. The minimum Gasteiger partial charge on any atom is -0.464 e. The molecule has 0 heterocycles. The summed E-state index contributed by atoms with van der Waals surface area (Å²) >= 11 is 0. The van der Waals surface area contributed by atoms with E-state index in [2.05, 4.69) is 6.92 Å². The number of carbonyl (C=O) groups excluding carboxylic acids is 3. The molecule has 29 heavy (non-hydrogen) atoms. The molecule has 0 amide bonds. The molecule has 4 aliphatic rings. The van der Waals surface area contributed by atoms with Crippen molar-refractivity contribution in [2.45, 2.75) is 71.0 Å². The van der Waals surface area contributed by atoms with Crippen LogP contribution in [0.25, 0.3) is 0 Å². The Morgan fingerprint density at radius 2 is 2.03 bits per heavy atom. The van der Waals surface area contributed by atoms with Crippen molar-refractivity contribution in [1.82, 2.24) is 0 Å². The van der Waals surface area contributed by atoms with E-state index in [1.807, 2.05) is 6.92 Å². The summed E-state index contributed by atoms with van der Waals surface area (Å²) in [5.74, 6) is -1.21. The summed E-state index contributed by atoms with van der Waals surface area (Å²) in [6.07, 6.45) is 5.05. The van der Waals surface area contributed by atoms with Crippen LogP contribution in [-0.4, -0.2) is 46.6 Å². The van der Waals surface area contributed by atoms with Crippen molar-refractivity contribution in [2.24, 2.45) is 34.5 Å². The van der Waals surface area contributed by atoms with E-state index >= 15 is 0 Å². The van der Waals surface area contributed by atoms with E-state index in [9.17, 15) is 24.6 Å². The van der Waals surface area contributed by atoms with Gasteiger partial charge in [-0.25, -0.2) is 4.79 Å². The van der Waals surface area contributed by atoms with Crippen molar-refractivity contribution < 1.29 is 29.3 Å². The summed E-state index contributed by atoms with van der Waals surface area (Å²) in [6.45, 7) is 5.94. The van der Waals surface area contributed by atoms with Gasteiger partial charge in [0.15, 0.2) is 11.4 Å².